The minimum Gasteiger partial charge on any atom is -0.357 e. The highest BCUT2D eigenvalue weighted by Gasteiger charge is 2.13. The third-order valence-corrected chi connectivity index (χ3v) is 3.82. The quantitative estimate of drug-likeness (QED) is 0.737. The van der Waals surface area contributed by atoms with E-state index in [2.05, 4.69) is 30.8 Å². The summed E-state index contributed by atoms with van der Waals surface area (Å²) in [4.78, 5) is 8.61. The average molecular weight is 299 g/mol. The molecule has 0 aliphatic heterocycles. The number of aryl methyl sites for hydroxylation is 1. The molecule has 0 amide bonds. The van der Waals surface area contributed by atoms with Crippen LogP contribution in [0.25, 0.3) is 5.69 Å². The molecule has 0 spiro atoms. The topological polar surface area (TPSA) is 81.4 Å². The van der Waals surface area contributed by atoms with Crippen molar-refractivity contribution in [2.45, 2.75) is 17.1 Å². The van der Waals surface area contributed by atoms with Gasteiger partial charge in [-0.1, -0.05) is 18.2 Å². The van der Waals surface area contributed by atoms with Crippen LogP contribution in [0.15, 0.2) is 46.7 Å². The van der Waals surface area contributed by atoms with Crippen molar-refractivity contribution in [1.82, 2.24) is 30.2 Å². The van der Waals surface area contributed by atoms with Crippen molar-refractivity contribution in [3.05, 3.63) is 42.1 Å². The van der Waals surface area contributed by atoms with Crippen molar-refractivity contribution in [2.24, 2.45) is 0 Å². The Morgan fingerprint density at radius 3 is 2.76 bits per heavy atom. The van der Waals surface area contributed by atoms with Gasteiger partial charge in [0, 0.05) is 18.8 Å². The summed E-state index contributed by atoms with van der Waals surface area (Å²) in [6.07, 6.45) is 1.78. The first kappa shape index (κ1) is 13.5. The molecule has 7 nitrogen and oxygen atoms in total. The number of hydrogen-bond donors (Lipinski definition) is 1. The number of nitrogens with one attached hydrogen (secondary N) is 1. The van der Waals surface area contributed by atoms with Gasteiger partial charge in [0.25, 0.3) is 0 Å². The largest absolute Gasteiger partial charge is 0.357 e. The Labute approximate surface area is 125 Å². The molecule has 0 aliphatic rings. The average Bonchev–Trinajstić information content (AvgIpc) is 2.98. The fourth-order valence-corrected chi connectivity index (χ4v) is 2.53. The number of nitrogens with zero attached hydrogens (tertiary/aromatic N) is 6. The van der Waals surface area contributed by atoms with Crippen molar-refractivity contribution in [2.75, 3.05) is 12.4 Å². The van der Waals surface area contributed by atoms with E-state index in [4.69, 9.17) is 0 Å². The van der Waals surface area contributed by atoms with E-state index in [9.17, 15) is 0 Å². The van der Waals surface area contributed by atoms with Gasteiger partial charge in [0.15, 0.2) is 0 Å². The van der Waals surface area contributed by atoms with E-state index in [0.717, 1.165) is 16.3 Å². The van der Waals surface area contributed by atoms with Gasteiger partial charge < -0.3 is 5.32 Å². The van der Waals surface area contributed by atoms with Gasteiger partial charge in [0.1, 0.15) is 5.03 Å². The Hall–Kier alpha value is -2.48. The maximum Gasteiger partial charge on any atom is 0.223 e. The highest BCUT2D eigenvalue weighted by Crippen LogP contribution is 2.28. The van der Waals surface area contributed by atoms with E-state index >= 15 is 0 Å². The van der Waals surface area contributed by atoms with Crippen molar-refractivity contribution in [3.8, 4) is 5.69 Å². The maximum atomic E-state index is 4.43. The van der Waals surface area contributed by atoms with E-state index in [1.807, 2.05) is 37.3 Å². The summed E-state index contributed by atoms with van der Waals surface area (Å²) in [6.45, 7) is 1.96. The van der Waals surface area contributed by atoms with Crippen LogP contribution < -0.4 is 5.32 Å². The molecule has 1 N–H and O–H groups in total. The van der Waals surface area contributed by atoms with Gasteiger partial charge >= 0.3 is 0 Å². The molecule has 0 atom stereocenters. The normalized spacial score (nSPS) is 10.6. The highest BCUT2D eigenvalue weighted by atomic mass is 32.2. The Bertz CT molecular complexity index is 741. The monoisotopic (exact) mass is 299 g/mol. The van der Waals surface area contributed by atoms with Gasteiger partial charge in [-0.2, -0.15) is 4.68 Å². The van der Waals surface area contributed by atoms with Crippen LogP contribution in [-0.4, -0.2) is 37.2 Å². The molecule has 0 aliphatic carbocycles. The SMILES string of the molecule is CNc1ncc(C)c(Sc2nnnn2-c2ccccc2)n1. The molecule has 2 heterocycles. The minimum atomic E-state index is 0.571. The molecule has 3 aromatic rings. The number of para-hydroxylation sites is 1. The zero-order valence-electron chi connectivity index (χ0n) is 11.6. The van der Waals surface area contributed by atoms with Crippen molar-refractivity contribution < 1.29 is 0 Å². The van der Waals surface area contributed by atoms with Gasteiger partial charge in [-0.25, -0.2) is 9.97 Å². The smallest absolute Gasteiger partial charge is 0.223 e. The molecule has 0 saturated heterocycles. The molecule has 2 aromatic heterocycles. The fourth-order valence-electron chi connectivity index (χ4n) is 1.71. The van der Waals surface area contributed by atoms with E-state index in [0.29, 0.717) is 11.1 Å². The summed E-state index contributed by atoms with van der Waals surface area (Å²) in [5.74, 6) is 0.571. The molecule has 1 aromatic carbocycles. The van der Waals surface area contributed by atoms with Crippen LogP contribution in [0.4, 0.5) is 5.95 Å². The predicted molar refractivity (Wildman–Crippen MR) is 79.6 cm³/mol. The fraction of sp³-hybridized carbons (Fsp3) is 0.154. The third-order valence-electron chi connectivity index (χ3n) is 2.78. The van der Waals surface area contributed by atoms with Crippen LogP contribution in [-0.2, 0) is 0 Å². The third kappa shape index (κ3) is 2.84. The predicted octanol–water partition coefficient (Wildman–Crippen LogP) is 1.95. The molecule has 0 saturated carbocycles. The molecule has 0 unspecified atom stereocenters. The van der Waals surface area contributed by atoms with Crippen LogP contribution in [0.2, 0.25) is 0 Å². The summed E-state index contributed by atoms with van der Waals surface area (Å²) < 4.78 is 1.69. The number of rotatable bonds is 4. The molecule has 106 valence electrons. The molecule has 21 heavy (non-hydrogen) atoms. The summed E-state index contributed by atoms with van der Waals surface area (Å²) in [6, 6.07) is 9.74. The van der Waals surface area contributed by atoms with Crippen LogP contribution in [0.3, 0.4) is 0 Å². The molecule has 0 bridgehead atoms. The van der Waals surface area contributed by atoms with Gasteiger partial charge in [0.05, 0.1) is 5.69 Å². The Kier molecular flexibility index (Phi) is 3.78. The van der Waals surface area contributed by atoms with Gasteiger partial charge in [-0.3, -0.25) is 0 Å². The van der Waals surface area contributed by atoms with Gasteiger partial charge in [-0.15, -0.1) is 5.10 Å². The van der Waals surface area contributed by atoms with Crippen molar-refractivity contribution in [3.63, 3.8) is 0 Å². The van der Waals surface area contributed by atoms with E-state index in [-0.39, 0.29) is 0 Å². The second kappa shape index (κ2) is 5.88. The lowest BCUT2D eigenvalue weighted by molar-refractivity contribution is 0.755. The summed E-state index contributed by atoms with van der Waals surface area (Å²) in [5, 5.41) is 16.3. The molecular formula is C13H13N7S. The summed E-state index contributed by atoms with van der Waals surface area (Å²) >= 11 is 1.41. The number of anilines is 1. The minimum absolute atomic E-state index is 0.571. The summed E-state index contributed by atoms with van der Waals surface area (Å²) in [5.41, 5.74) is 1.88. The first-order valence-corrected chi connectivity index (χ1v) is 7.12. The summed E-state index contributed by atoms with van der Waals surface area (Å²) in [7, 11) is 1.78. The van der Waals surface area contributed by atoms with Crippen LogP contribution in [0, 0.1) is 6.92 Å². The van der Waals surface area contributed by atoms with Crippen LogP contribution >= 0.6 is 11.8 Å². The van der Waals surface area contributed by atoms with E-state index in [1.54, 1.807) is 17.9 Å². The molecule has 8 heteroatoms. The lowest BCUT2D eigenvalue weighted by Crippen LogP contribution is -2.01. The first-order chi connectivity index (χ1) is 10.3. The van der Waals surface area contributed by atoms with Gasteiger partial charge in [-0.05, 0) is 41.2 Å². The maximum absolute atomic E-state index is 4.43. The van der Waals surface area contributed by atoms with Crippen LogP contribution in [0.5, 0.6) is 0 Å². The highest BCUT2D eigenvalue weighted by molar-refractivity contribution is 7.99. The van der Waals surface area contributed by atoms with Crippen LogP contribution in [0.1, 0.15) is 5.56 Å². The standard InChI is InChI=1S/C13H13N7S/c1-9-8-15-12(14-2)16-11(9)21-13-17-18-19-20(13)10-6-4-3-5-7-10/h3-8H,1-2H3,(H,14,15,16). The Morgan fingerprint density at radius 1 is 1.19 bits per heavy atom. The number of benzene rings is 1. The lowest BCUT2D eigenvalue weighted by Gasteiger charge is -2.06. The van der Waals surface area contributed by atoms with Crippen molar-refractivity contribution in [1.29, 1.82) is 0 Å². The molecule has 0 radical (unpaired) electrons. The zero-order valence-corrected chi connectivity index (χ0v) is 12.4. The Morgan fingerprint density at radius 2 is 2.00 bits per heavy atom. The molecule has 3 rings (SSSR count). The van der Waals surface area contributed by atoms with Gasteiger partial charge in [0.2, 0.25) is 11.1 Å². The first-order valence-electron chi connectivity index (χ1n) is 6.31. The zero-order chi connectivity index (χ0) is 14.7. The van der Waals surface area contributed by atoms with Crippen molar-refractivity contribution >= 4 is 17.7 Å². The second-order valence-electron chi connectivity index (χ2n) is 4.24. The molecular weight excluding hydrogens is 286 g/mol. The van der Waals surface area contributed by atoms with E-state index in [1.165, 1.54) is 11.8 Å². The number of tetrazole rings is 1. The van der Waals surface area contributed by atoms with E-state index < -0.39 is 0 Å². The lowest BCUT2D eigenvalue weighted by atomic mass is 10.3. The Balaban J connectivity index is 1.95. The number of aromatic nitrogens is 6. The molecule has 0 fully saturated rings. The number of hydrogen-bond acceptors (Lipinski definition) is 7. The second-order valence-corrected chi connectivity index (χ2v) is 5.20.